The summed E-state index contributed by atoms with van der Waals surface area (Å²) < 4.78 is 7.68. The number of aromatic nitrogens is 1. The molecule has 4 aromatic rings. The number of pyridine rings is 1. The normalized spacial score (nSPS) is 11.4. The zero-order valence-electron chi connectivity index (χ0n) is 21.3. The molecule has 3 aromatic carbocycles. The lowest BCUT2D eigenvalue weighted by Crippen LogP contribution is -2.32. The van der Waals surface area contributed by atoms with Crippen LogP contribution in [0.5, 0.6) is 0 Å². The molecule has 0 aliphatic carbocycles. The van der Waals surface area contributed by atoms with Gasteiger partial charge in [-0.1, -0.05) is 70.5 Å². The number of fused-ring (bicyclic) bond motifs is 1. The van der Waals surface area contributed by atoms with Crippen LogP contribution in [0.2, 0.25) is 0 Å². The molecule has 0 atom stereocenters. The van der Waals surface area contributed by atoms with Crippen LogP contribution in [0.15, 0.2) is 82.1 Å². The molecule has 0 unspecified atom stereocenters. The minimum absolute atomic E-state index is 0.184. The first-order valence-electron chi connectivity index (χ1n) is 12.0. The lowest BCUT2D eigenvalue weighted by molar-refractivity contribution is 0.0523. The van der Waals surface area contributed by atoms with Crippen molar-refractivity contribution in [1.82, 2.24) is 9.88 Å². The summed E-state index contributed by atoms with van der Waals surface area (Å²) in [6.45, 7) is 7.48. The Morgan fingerprint density at radius 1 is 0.919 bits per heavy atom. The highest BCUT2D eigenvalue weighted by Gasteiger charge is 2.21. The quantitative estimate of drug-likeness (QED) is 0.266. The molecule has 1 amide bonds. The first kappa shape index (κ1) is 26.4. The third-order valence-corrected chi connectivity index (χ3v) is 6.32. The van der Waals surface area contributed by atoms with Gasteiger partial charge in [-0.15, -0.1) is 0 Å². The van der Waals surface area contributed by atoms with E-state index in [1.165, 1.54) is 6.92 Å². The fourth-order valence-electron chi connectivity index (χ4n) is 4.27. The zero-order chi connectivity index (χ0) is 26.7. The van der Waals surface area contributed by atoms with E-state index in [4.69, 9.17) is 4.74 Å². The average Bonchev–Trinajstić information content (AvgIpc) is 2.84. The first-order valence-corrected chi connectivity index (χ1v) is 12.8. The Hall–Kier alpha value is -3.71. The molecule has 1 aromatic heterocycles. The summed E-state index contributed by atoms with van der Waals surface area (Å²) in [4.78, 5) is 38.6. The van der Waals surface area contributed by atoms with Gasteiger partial charge in [-0.05, 0) is 61.0 Å². The van der Waals surface area contributed by atoms with E-state index in [0.717, 1.165) is 32.1 Å². The van der Waals surface area contributed by atoms with Gasteiger partial charge < -0.3 is 10.1 Å². The van der Waals surface area contributed by atoms with Crippen molar-refractivity contribution >= 4 is 38.6 Å². The third kappa shape index (κ3) is 6.17. The second-order valence-electron chi connectivity index (χ2n) is 9.90. The molecule has 0 radical (unpaired) electrons. The molecule has 1 heterocycles. The Labute approximate surface area is 224 Å². The number of ether oxygens (including phenoxy) is 1. The summed E-state index contributed by atoms with van der Waals surface area (Å²) in [6, 6.07) is 22.8. The van der Waals surface area contributed by atoms with Crippen molar-refractivity contribution in [2.45, 2.75) is 46.4 Å². The maximum Gasteiger partial charge on any atom is 0.407 e. The number of nitrogens with one attached hydrogen (secondary N) is 1. The molecule has 6 nitrogen and oxygen atoms in total. The standard InChI is InChI=1S/C30H29BrN2O4/c1-19(34)27-26(22-8-6-5-7-9-22)25-16-23(31)14-15-24(25)28(35)33(27)18-21-12-10-20(11-13-21)17-32-29(36)37-30(2,3)4/h5-16H,17-18H2,1-4H3,(H,32,36). The summed E-state index contributed by atoms with van der Waals surface area (Å²) in [7, 11) is 0. The van der Waals surface area contributed by atoms with E-state index < -0.39 is 11.7 Å². The van der Waals surface area contributed by atoms with Crippen LogP contribution in [0.4, 0.5) is 4.79 Å². The van der Waals surface area contributed by atoms with Gasteiger partial charge in [-0.3, -0.25) is 14.2 Å². The van der Waals surface area contributed by atoms with Crippen molar-refractivity contribution < 1.29 is 14.3 Å². The van der Waals surface area contributed by atoms with Crippen molar-refractivity contribution in [2.24, 2.45) is 0 Å². The molecule has 0 aliphatic heterocycles. The van der Waals surface area contributed by atoms with Gasteiger partial charge in [0.2, 0.25) is 0 Å². The van der Waals surface area contributed by atoms with Crippen LogP contribution in [0.25, 0.3) is 21.9 Å². The molecule has 0 saturated heterocycles. The van der Waals surface area contributed by atoms with Crippen LogP contribution < -0.4 is 10.9 Å². The molecule has 0 saturated carbocycles. The highest BCUT2D eigenvalue weighted by Crippen LogP contribution is 2.33. The Bertz CT molecular complexity index is 1520. The van der Waals surface area contributed by atoms with Crippen molar-refractivity contribution in [3.8, 4) is 11.1 Å². The zero-order valence-corrected chi connectivity index (χ0v) is 22.9. The number of Topliss-reactive ketones (excluding diaryl/α,β-unsaturated/α-hetero) is 1. The number of hydrogen-bond donors (Lipinski definition) is 1. The summed E-state index contributed by atoms with van der Waals surface area (Å²) >= 11 is 3.51. The van der Waals surface area contributed by atoms with Gasteiger partial charge in [0.1, 0.15) is 5.60 Å². The smallest absolute Gasteiger partial charge is 0.407 e. The first-order chi connectivity index (χ1) is 17.5. The molecular formula is C30H29BrN2O4. The summed E-state index contributed by atoms with van der Waals surface area (Å²) in [5.74, 6) is -0.184. The maximum absolute atomic E-state index is 13.6. The van der Waals surface area contributed by atoms with E-state index in [1.54, 1.807) is 10.6 Å². The Balaban J connectivity index is 1.72. The molecule has 0 spiro atoms. The minimum Gasteiger partial charge on any atom is -0.444 e. The summed E-state index contributed by atoms with van der Waals surface area (Å²) in [5, 5.41) is 4.02. The molecule has 37 heavy (non-hydrogen) atoms. The van der Waals surface area contributed by atoms with Crippen LogP contribution in [0.1, 0.15) is 49.3 Å². The molecule has 0 fully saturated rings. The summed E-state index contributed by atoms with van der Waals surface area (Å²) in [6.07, 6.45) is -0.481. The number of carbonyl (C=O) groups excluding carboxylic acids is 2. The minimum atomic E-state index is -0.565. The number of amides is 1. The van der Waals surface area contributed by atoms with Crippen LogP contribution in [-0.2, 0) is 17.8 Å². The van der Waals surface area contributed by atoms with Gasteiger partial charge in [-0.25, -0.2) is 4.79 Å². The van der Waals surface area contributed by atoms with E-state index in [2.05, 4.69) is 21.2 Å². The molecule has 0 bridgehead atoms. The SMILES string of the molecule is CC(=O)c1c(-c2ccccc2)c2cc(Br)ccc2c(=O)n1Cc1ccc(CNC(=O)OC(C)(C)C)cc1. The van der Waals surface area contributed by atoms with Crippen molar-refractivity contribution in [3.05, 3.63) is 104 Å². The highest BCUT2D eigenvalue weighted by molar-refractivity contribution is 9.10. The molecule has 1 N–H and O–H groups in total. The number of hydrogen-bond acceptors (Lipinski definition) is 4. The lowest BCUT2D eigenvalue weighted by atomic mass is 9.95. The average molecular weight is 561 g/mol. The maximum atomic E-state index is 13.6. The highest BCUT2D eigenvalue weighted by atomic mass is 79.9. The predicted octanol–water partition coefficient (Wildman–Crippen LogP) is 6.71. The Kier molecular flexibility index (Phi) is 7.64. The van der Waals surface area contributed by atoms with Crippen LogP contribution in [0.3, 0.4) is 0 Å². The second kappa shape index (κ2) is 10.7. The molecule has 4 rings (SSSR count). The number of halogens is 1. The van der Waals surface area contributed by atoms with Crippen LogP contribution in [0, 0.1) is 0 Å². The van der Waals surface area contributed by atoms with E-state index in [9.17, 15) is 14.4 Å². The largest absolute Gasteiger partial charge is 0.444 e. The second-order valence-corrected chi connectivity index (χ2v) is 10.8. The van der Waals surface area contributed by atoms with E-state index in [-0.39, 0.29) is 17.9 Å². The number of rotatable bonds is 6. The van der Waals surface area contributed by atoms with Crippen LogP contribution in [-0.4, -0.2) is 22.0 Å². The predicted molar refractivity (Wildman–Crippen MR) is 150 cm³/mol. The Morgan fingerprint density at radius 2 is 1.57 bits per heavy atom. The van der Waals surface area contributed by atoms with Crippen molar-refractivity contribution in [1.29, 1.82) is 0 Å². The van der Waals surface area contributed by atoms with E-state index >= 15 is 0 Å². The van der Waals surface area contributed by atoms with Gasteiger partial charge in [0, 0.05) is 28.9 Å². The number of nitrogens with zero attached hydrogens (tertiary/aromatic N) is 1. The number of benzene rings is 3. The summed E-state index contributed by atoms with van der Waals surface area (Å²) in [5.41, 5.74) is 2.95. The topological polar surface area (TPSA) is 77.4 Å². The fourth-order valence-corrected chi connectivity index (χ4v) is 4.63. The van der Waals surface area contributed by atoms with E-state index in [0.29, 0.717) is 17.6 Å². The monoisotopic (exact) mass is 560 g/mol. The Morgan fingerprint density at radius 3 is 2.19 bits per heavy atom. The third-order valence-electron chi connectivity index (χ3n) is 5.83. The molecular weight excluding hydrogens is 532 g/mol. The van der Waals surface area contributed by atoms with Gasteiger partial charge >= 0.3 is 6.09 Å². The molecule has 190 valence electrons. The lowest BCUT2D eigenvalue weighted by Gasteiger charge is -2.20. The van der Waals surface area contributed by atoms with Crippen molar-refractivity contribution in [2.75, 3.05) is 0 Å². The number of carbonyl (C=O) groups is 2. The number of ketones is 1. The molecule has 7 heteroatoms. The van der Waals surface area contributed by atoms with E-state index in [1.807, 2.05) is 87.5 Å². The van der Waals surface area contributed by atoms with Gasteiger partial charge in [0.25, 0.3) is 5.56 Å². The van der Waals surface area contributed by atoms with Crippen molar-refractivity contribution in [3.63, 3.8) is 0 Å². The fraction of sp³-hybridized carbons (Fsp3) is 0.233. The molecule has 0 aliphatic rings. The van der Waals surface area contributed by atoms with Gasteiger partial charge in [0.05, 0.1) is 12.2 Å². The van der Waals surface area contributed by atoms with Crippen LogP contribution >= 0.6 is 15.9 Å². The number of alkyl carbamates (subject to hydrolysis) is 1. The van der Waals surface area contributed by atoms with Gasteiger partial charge in [0.15, 0.2) is 5.78 Å². The van der Waals surface area contributed by atoms with Gasteiger partial charge in [-0.2, -0.15) is 0 Å².